The number of amides is 3. The van der Waals surface area contributed by atoms with Crippen molar-refractivity contribution >= 4 is 23.4 Å². The maximum Gasteiger partial charge on any atom is 0.418 e. The second-order valence-electron chi connectivity index (χ2n) is 7.00. The molecule has 3 N–H and O–H groups in total. The van der Waals surface area contributed by atoms with Crippen molar-refractivity contribution in [1.29, 1.82) is 0 Å². The number of nitrogens with zero attached hydrogens (tertiary/aromatic N) is 1. The van der Waals surface area contributed by atoms with Gasteiger partial charge >= 0.3 is 6.18 Å². The summed E-state index contributed by atoms with van der Waals surface area (Å²) in [6, 6.07) is 10.5. The number of carbonyl (C=O) groups excluding carboxylic acids is 3. The van der Waals surface area contributed by atoms with E-state index in [1.807, 2.05) is 13.0 Å². The van der Waals surface area contributed by atoms with Crippen LogP contribution in [0.1, 0.15) is 28.4 Å². The quantitative estimate of drug-likeness (QED) is 0.608. The monoisotopic (exact) mass is 436 g/mol. The van der Waals surface area contributed by atoms with E-state index in [0.717, 1.165) is 17.7 Å². The van der Waals surface area contributed by atoms with Crippen LogP contribution in [-0.4, -0.2) is 42.3 Å². The van der Waals surface area contributed by atoms with Crippen molar-refractivity contribution in [3.8, 4) is 0 Å². The summed E-state index contributed by atoms with van der Waals surface area (Å²) in [5.74, 6) is -1.82. The number of benzene rings is 2. The van der Waals surface area contributed by atoms with Crippen molar-refractivity contribution in [1.82, 2.24) is 15.8 Å². The summed E-state index contributed by atoms with van der Waals surface area (Å²) >= 11 is 0. The van der Waals surface area contributed by atoms with Crippen LogP contribution in [-0.2, 0) is 15.8 Å². The third-order valence-corrected chi connectivity index (χ3v) is 4.52. The number of carbonyl (C=O) groups is 3. The number of hydrogen-bond acceptors (Lipinski definition) is 4. The topological polar surface area (TPSA) is 90.5 Å². The number of para-hydroxylation sites is 1. The zero-order chi connectivity index (χ0) is 23.2. The minimum absolute atomic E-state index is 0.341. The van der Waals surface area contributed by atoms with Gasteiger partial charge in [-0.25, -0.2) is 0 Å². The maximum absolute atomic E-state index is 13.0. The van der Waals surface area contributed by atoms with Gasteiger partial charge in [-0.05, 0) is 45.2 Å². The number of anilines is 1. The van der Waals surface area contributed by atoms with Crippen LogP contribution in [0.5, 0.6) is 0 Å². The third-order valence-electron chi connectivity index (χ3n) is 4.52. The van der Waals surface area contributed by atoms with Crippen molar-refractivity contribution in [2.24, 2.45) is 0 Å². The molecule has 0 saturated carbocycles. The molecular formula is C21H23F3N4O3. The van der Waals surface area contributed by atoms with Crippen LogP contribution in [0.4, 0.5) is 18.9 Å². The fraction of sp³-hybridized carbons (Fsp3) is 0.286. The molecule has 0 unspecified atom stereocenters. The van der Waals surface area contributed by atoms with Crippen LogP contribution < -0.4 is 16.2 Å². The molecule has 0 heterocycles. The van der Waals surface area contributed by atoms with Crippen molar-refractivity contribution in [2.45, 2.75) is 26.1 Å². The Morgan fingerprint density at radius 2 is 1.71 bits per heavy atom. The standard InChI is InChI=1S/C21H23F3N4O3/c1-13-7-6-8-15(11-13)20(31)27-26-19(30)14(2)28(3)12-18(29)25-17-10-5-4-9-16(17)21(22,23)24/h4-11,14H,12H2,1-3H3,(H,25,29)(H,26,30)(H,27,31)/t14-/m0/s1. The number of hydrogen-bond donors (Lipinski definition) is 3. The molecular weight excluding hydrogens is 413 g/mol. The lowest BCUT2D eigenvalue weighted by molar-refractivity contribution is -0.137. The molecule has 0 aliphatic carbocycles. The van der Waals surface area contributed by atoms with E-state index in [4.69, 9.17) is 0 Å². The van der Waals surface area contributed by atoms with Crippen molar-refractivity contribution in [3.05, 3.63) is 65.2 Å². The molecule has 0 aromatic heterocycles. The van der Waals surface area contributed by atoms with Gasteiger partial charge in [0.1, 0.15) is 0 Å². The fourth-order valence-electron chi connectivity index (χ4n) is 2.67. The second-order valence-corrected chi connectivity index (χ2v) is 7.00. The smallest absolute Gasteiger partial charge is 0.324 e. The molecule has 0 spiro atoms. The number of nitrogens with one attached hydrogen (secondary N) is 3. The number of hydrazine groups is 1. The number of halogens is 3. The number of rotatable bonds is 6. The Morgan fingerprint density at radius 1 is 1.03 bits per heavy atom. The van der Waals surface area contributed by atoms with Crippen molar-refractivity contribution < 1.29 is 27.6 Å². The van der Waals surface area contributed by atoms with Gasteiger partial charge in [-0.3, -0.25) is 30.1 Å². The van der Waals surface area contributed by atoms with Gasteiger partial charge in [0, 0.05) is 5.56 Å². The highest BCUT2D eigenvalue weighted by Gasteiger charge is 2.33. The molecule has 0 bridgehead atoms. The van der Waals surface area contributed by atoms with Gasteiger partial charge in [0.25, 0.3) is 11.8 Å². The molecule has 2 aromatic carbocycles. The molecule has 0 saturated heterocycles. The Labute approximate surface area is 177 Å². The molecule has 2 rings (SSSR count). The van der Waals surface area contributed by atoms with Gasteiger partial charge in [0.05, 0.1) is 23.8 Å². The van der Waals surface area contributed by atoms with Crippen LogP contribution in [0.15, 0.2) is 48.5 Å². The average Bonchev–Trinajstić information content (AvgIpc) is 2.70. The maximum atomic E-state index is 13.0. The van der Waals surface area contributed by atoms with Crippen LogP contribution in [0.2, 0.25) is 0 Å². The highest BCUT2D eigenvalue weighted by atomic mass is 19.4. The van der Waals surface area contributed by atoms with Crippen LogP contribution in [0.25, 0.3) is 0 Å². The Morgan fingerprint density at radius 3 is 2.35 bits per heavy atom. The summed E-state index contributed by atoms with van der Waals surface area (Å²) in [6.07, 6.45) is -4.61. The lowest BCUT2D eigenvalue weighted by Crippen LogP contribution is -2.51. The zero-order valence-electron chi connectivity index (χ0n) is 17.2. The predicted molar refractivity (Wildman–Crippen MR) is 109 cm³/mol. The molecule has 3 amide bonds. The normalized spacial score (nSPS) is 12.2. The Balaban J connectivity index is 1.90. The summed E-state index contributed by atoms with van der Waals surface area (Å²) in [5.41, 5.74) is 4.48. The molecule has 10 heteroatoms. The number of aryl methyl sites for hydroxylation is 1. The number of alkyl halides is 3. The molecule has 0 radical (unpaired) electrons. The molecule has 0 aliphatic rings. The summed E-state index contributed by atoms with van der Waals surface area (Å²) in [5, 5.41) is 2.22. The summed E-state index contributed by atoms with van der Waals surface area (Å²) in [6.45, 7) is 2.97. The van der Waals surface area contributed by atoms with Crippen LogP contribution >= 0.6 is 0 Å². The first-order valence-electron chi connectivity index (χ1n) is 9.32. The Kier molecular flexibility index (Phi) is 7.76. The van der Waals surface area contributed by atoms with Gasteiger partial charge in [-0.2, -0.15) is 13.2 Å². The molecule has 166 valence electrons. The van der Waals surface area contributed by atoms with Gasteiger partial charge < -0.3 is 5.32 Å². The van der Waals surface area contributed by atoms with Gasteiger partial charge in [-0.15, -0.1) is 0 Å². The molecule has 2 aromatic rings. The SMILES string of the molecule is Cc1cccc(C(=O)NNC(=O)[C@H](C)N(C)CC(=O)Nc2ccccc2C(F)(F)F)c1. The first-order chi connectivity index (χ1) is 14.5. The minimum atomic E-state index is -4.61. The van der Waals surface area contributed by atoms with E-state index >= 15 is 0 Å². The molecule has 1 atom stereocenters. The van der Waals surface area contributed by atoms with Gasteiger partial charge in [0.2, 0.25) is 5.91 Å². The lowest BCUT2D eigenvalue weighted by atomic mass is 10.1. The fourth-order valence-corrected chi connectivity index (χ4v) is 2.67. The molecule has 0 fully saturated rings. The average molecular weight is 436 g/mol. The van der Waals surface area contributed by atoms with E-state index in [1.165, 1.54) is 31.0 Å². The van der Waals surface area contributed by atoms with E-state index in [-0.39, 0.29) is 12.2 Å². The summed E-state index contributed by atoms with van der Waals surface area (Å²) in [4.78, 5) is 37.9. The second kappa shape index (κ2) is 10.1. The molecule has 7 nitrogen and oxygen atoms in total. The molecule has 0 aliphatic heterocycles. The number of likely N-dealkylation sites (N-methyl/N-ethyl adjacent to an activating group) is 1. The first-order valence-corrected chi connectivity index (χ1v) is 9.32. The Hall–Kier alpha value is -3.40. The Bertz CT molecular complexity index is 963. The van der Waals surface area contributed by atoms with Crippen LogP contribution in [0, 0.1) is 6.92 Å². The zero-order valence-corrected chi connectivity index (χ0v) is 17.2. The predicted octanol–water partition coefficient (Wildman–Crippen LogP) is 2.73. The lowest BCUT2D eigenvalue weighted by Gasteiger charge is -2.23. The van der Waals surface area contributed by atoms with E-state index in [1.54, 1.807) is 18.2 Å². The minimum Gasteiger partial charge on any atom is -0.324 e. The van der Waals surface area contributed by atoms with E-state index in [0.29, 0.717) is 5.56 Å². The van der Waals surface area contributed by atoms with E-state index in [2.05, 4.69) is 16.2 Å². The van der Waals surface area contributed by atoms with Crippen LogP contribution in [0.3, 0.4) is 0 Å². The first kappa shape index (κ1) is 23.9. The summed E-state index contributed by atoms with van der Waals surface area (Å²) in [7, 11) is 1.46. The van der Waals surface area contributed by atoms with Crippen molar-refractivity contribution in [2.75, 3.05) is 18.9 Å². The van der Waals surface area contributed by atoms with E-state index in [9.17, 15) is 27.6 Å². The largest absolute Gasteiger partial charge is 0.418 e. The highest BCUT2D eigenvalue weighted by Crippen LogP contribution is 2.34. The van der Waals surface area contributed by atoms with E-state index < -0.39 is 35.5 Å². The highest BCUT2D eigenvalue weighted by molar-refractivity contribution is 5.96. The molecule has 31 heavy (non-hydrogen) atoms. The van der Waals surface area contributed by atoms with Crippen molar-refractivity contribution in [3.63, 3.8) is 0 Å². The van der Waals surface area contributed by atoms with Gasteiger partial charge in [0.15, 0.2) is 0 Å². The third kappa shape index (κ3) is 6.82. The van der Waals surface area contributed by atoms with Gasteiger partial charge in [-0.1, -0.05) is 29.8 Å². The summed E-state index contributed by atoms with van der Waals surface area (Å²) < 4.78 is 39.1.